The fraction of sp³-hybridized carbons (Fsp3) is 0.118. The van der Waals surface area contributed by atoms with Crippen molar-refractivity contribution in [2.75, 3.05) is 0 Å². The summed E-state index contributed by atoms with van der Waals surface area (Å²) in [5.74, 6) is 1.25. The molecule has 0 aromatic carbocycles. The molecule has 0 aliphatic rings. The van der Waals surface area contributed by atoms with Gasteiger partial charge in [0.2, 0.25) is 0 Å². The lowest BCUT2D eigenvalue weighted by Crippen LogP contribution is -2.05. The number of aliphatic hydroxyl groups excluding tert-OH is 2. The zero-order valence-electron chi connectivity index (χ0n) is 13.1. The Hall–Kier alpha value is -2.81. The third kappa shape index (κ3) is 3.10. The normalized spacial score (nSPS) is 11.1. The fourth-order valence-corrected chi connectivity index (χ4v) is 3.18. The lowest BCUT2D eigenvalue weighted by molar-refractivity contribution is 0.276. The van der Waals surface area contributed by atoms with Crippen LogP contribution in [0.2, 0.25) is 0 Å². The van der Waals surface area contributed by atoms with Crippen LogP contribution in [0.4, 0.5) is 0 Å². The van der Waals surface area contributed by atoms with E-state index in [2.05, 4.69) is 15.2 Å². The molecule has 0 fully saturated rings. The smallest absolute Gasteiger partial charge is 0.156 e. The Balaban J connectivity index is 1.85. The molecule has 2 N–H and O–H groups in total. The van der Waals surface area contributed by atoms with Gasteiger partial charge >= 0.3 is 0 Å². The summed E-state index contributed by atoms with van der Waals surface area (Å²) in [4.78, 5) is 5.73. The third-order valence-electron chi connectivity index (χ3n) is 3.69. The predicted molar refractivity (Wildman–Crippen MR) is 93.6 cm³/mol. The molecule has 0 radical (unpaired) electrons. The summed E-state index contributed by atoms with van der Waals surface area (Å²) in [5.41, 5.74) is 2.15. The van der Waals surface area contributed by atoms with Crippen LogP contribution in [-0.4, -0.2) is 34.8 Å². The van der Waals surface area contributed by atoms with Gasteiger partial charge in [-0.05, 0) is 41.3 Å². The number of hydrogen-bond acceptors (Lipinski definition) is 6. The van der Waals surface area contributed by atoms with E-state index in [0.29, 0.717) is 23.0 Å². The van der Waals surface area contributed by atoms with Gasteiger partial charge in [0, 0.05) is 17.3 Å². The quantitative estimate of drug-likeness (QED) is 0.574. The first-order valence-corrected chi connectivity index (χ1v) is 8.52. The van der Waals surface area contributed by atoms with Crippen molar-refractivity contribution < 1.29 is 10.2 Å². The minimum Gasteiger partial charge on any atom is -0.390 e. The van der Waals surface area contributed by atoms with E-state index < -0.39 is 0 Å². The highest BCUT2D eigenvalue weighted by Gasteiger charge is 2.11. The van der Waals surface area contributed by atoms with E-state index in [-0.39, 0.29) is 13.2 Å². The monoisotopic (exact) mass is 353 g/mol. The van der Waals surface area contributed by atoms with Gasteiger partial charge in [-0.2, -0.15) is 10.2 Å². The maximum Gasteiger partial charge on any atom is 0.156 e. The van der Waals surface area contributed by atoms with Crippen LogP contribution >= 0.6 is 11.3 Å². The predicted octanol–water partition coefficient (Wildman–Crippen LogP) is 2.17. The molecule has 0 aliphatic carbocycles. The van der Waals surface area contributed by atoms with Crippen LogP contribution in [0.1, 0.15) is 11.4 Å². The van der Waals surface area contributed by atoms with Crippen molar-refractivity contribution in [2.45, 2.75) is 13.2 Å². The number of aromatic nitrogens is 5. The molecule has 25 heavy (non-hydrogen) atoms. The van der Waals surface area contributed by atoms with Gasteiger partial charge in [0.05, 0.1) is 24.6 Å². The molecule has 0 spiro atoms. The lowest BCUT2D eigenvalue weighted by Gasteiger charge is -2.08. The van der Waals surface area contributed by atoms with Crippen LogP contribution in [0.5, 0.6) is 0 Å². The molecular weight excluding hydrogens is 338 g/mol. The molecule has 4 aromatic rings. The molecule has 0 saturated carbocycles. The average molecular weight is 353 g/mol. The van der Waals surface area contributed by atoms with Gasteiger partial charge in [0.1, 0.15) is 0 Å². The third-order valence-corrected chi connectivity index (χ3v) is 4.60. The van der Waals surface area contributed by atoms with Crippen LogP contribution in [0.3, 0.4) is 0 Å². The number of nitrogens with zero attached hydrogens (tertiary/aromatic N) is 5. The Bertz CT molecular complexity index is 930. The summed E-state index contributed by atoms with van der Waals surface area (Å²) < 4.78 is 3.26. The fourth-order valence-electron chi connectivity index (χ4n) is 2.47. The molecule has 0 aliphatic heterocycles. The van der Waals surface area contributed by atoms with Crippen molar-refractivity contribution in [2.24, 2.45) is 0 Å². The minimum absolute atomic E-state index is 0.122. The molecule has 4 heterocycles. The maximum atomic E-state index is 9.23. The molecule has 0 bridgehead atoms. The van der Waals surface area contributed by atoms with Crippen LogP contribution in [0, 0.1) is 0 Å². The maximum absolute atomic E-state index is 9.23. The van der Waals surface area contributed by atoms with Crippen molar-refractivity contribution in [3.05, 3.63) is 65.6 Å². The van der Waals surface area contributed by atoms with Gasteiger partial charge in [-0.1, -0.05) is 6.07 Å². The van der Waals surface area contributed by atoms with Gasteiger partial charge in [0.25, 0.3) is 0 Å². The highest BCUT2D eigenvalue weighted by atomic mass is 32.1. The second-order valence-electron chi connectivity index (χ2n) is 5.37. The lowest BCUT2D eigenvalue weighted by atomic mass is 10.2. The van der Waals surface area contributed by atoms with Gasteiger partial charge in [-0.25, -0.2) is 14.3 Å². The molecule has 8 heteroatoms. The van der Waals surface area contributed by atoms with E-state index in [4.69, 9.17) is 0 Å². The molecule has 0 atom stereocenters. The van der Waals surface area contributed by atoms with E-state index in [1.165, 1.54) is 0 Å². The van der Waals surface area contributed by atoms with Crippen LogP contribution in [0.25, 0.3) is 22.1 Å². The number of aliphatic hydroxyl groups is 2. The van der Waals surface area contributed by atoms with E-state index >= 15 is 0 Å². The summed E-state index contributed by atoms with van der Waals surface area (Å²) in [6.07, 6.45) is 3.52. The summed E-state index contributed by atoms with van der Waals surface area (Å²) in [5, 5.41) is 29.1. The average Bonchev–Trinajstić information content (AvgIpc) is 3.42. The first-order chi connectivity index (χ1) is 12.3. The molecule has 7 nitrogen and oxygen atoms in total. The Kier molecular flexibility index (Phi) is 4.14. The standard InChI is InChI=1S/C17H15N5O2S/c23-10-13-3-5-21(19-13)16-8-12(15-2-1-7-25-15)9-17(18-16)22-6-4-14(11-24)20-22/h1-9,23-24H,10-11H2. The van der Waals surface area contributed by atoms with E-state index in [1.54, 1.807) is 45.2 Å². The first kappa shape index (κ1) is 15.7. The zero-order chi connectivity index (χ0) is 17.2. The number of rotatable bonds is 5. The summed E-state index contributed by atoms with van der Waals surface area (Å²) >= 11 is 1.64. The Morgan fingerprint density at radius 1 is 0.880 bits per heavy atom. The Morgan fingerprint density at radius 2 is 1.48 bits per heavy atom. The van der Waals surface area contributed by atoms with Gasteiger partial charge in [-0.3, -0.25) is 0 Å². The largest absolute Gasteiger partial charge is 0.390 e. The Labute approximate surface area is 147 Å². The molecule has 126 valence electrons. The van der Waals surface area contributed by atoms with Crippen molar-refractivity contribution in [3.63, 3.8) is 0 Å². The van der Waals surface area contributed by atoms with E-state index in [1.807, 2.05) is 29.6 Å². The molecule has 4 rings (SSSR count). The van der Waals surface area contributed by atoms with Crippen molar-refractivity contribution in [3.8, 4) is 22.1 Å². The highest BCUT2D eigenvalue weighted by Crippen LogP contribution is 2.27. The van der Waals surface area contributed by atoms with Gasteiger partial charge in [0.15, 0.2) is 11.6 Å². The van der Waals surface area contributed by atoms with Crippen molar-refractivity contribution in [1.29, 1.82) is 0 Å². The molecule has 0 amide bonds. The summed E-state index contributed by atoms with van der Waals surface area (Å²) in [7, 11) is 0. The summed E-state index contributed by atoms with van der Waals surface area (Å²) in [6.45, 7) is -0.243. The van der Waals surface area contributed by atoms with E-state index in [0.717, 1.165) is 10.4 Å². The topological polar surface area (TPSA) is 89.0 Å². The van der Waals surface area contributed by atoms with Crippen LogP contribution in [0.15, 0.2) is 54.2 Å². The van der Waals surface area contributed by atoms with Gasteiger partial charge in [-0.15, -0.1) is 11.3 Å². The van der Waals surface area contributed by atoms with E-state index in [9.17, 15) is 10.2 Å². The summed E-state index contributed by atoms with van der Waals surface area (Å²) in [6, 6.07) is 11.4. The second-order valence-corrected chi connectivity index (χ2v) is 6.32. The van der Waals surface area contributed by atoms with Crippen molar-refractivity contribution in [1.82, 2.24) is 24.5 Å². The van der Waals surface area contributed by atoms with Crippen LogP contribution in [-0.2, 0) is 13.2 Å². The number of pyridine rings is 1. The van der Waals surface area contributed by atoms with Gasteiger partial charge < -0.3 is 10.2 Å². The van der Waals surface area contributed by atoms with Crippen LogP contribution < -0.4 is 0 Å². The molecular formula is C17H15N5O2S. The van der Waals surface area contributed by atoms with Crippen molar-refractivity contribution >= 4 is 11.3 Å². The molecule has 4 aromatic heterocycles. The first-order valence-electron chi connectivity index (χ1n) is 7.64. The molecule has 0 unspecified atom stereocenters. The zero-order valence-corrected chi connectivity index (χ0v) is 14.0. The number of hydrogen-bond donors (Lipinski definition) is 2. The second kappa shape index (κ2) is 6.60. The number of thiophene rings is 1. The minimum atomic E-state index is -0.122. The Morgan fingerprint density at radius 3 is 1.92 bits per heavy atom. The molecule has 0 saturated heterocycles. The SMILES string of the molecule is OCc1ccn(-c2cc(-c3cccs3)cc(-n3ccc(CO)n3)n2)n1. The highest BCUT2D eigenvalue weighted by molar-refractivity contribution is 7.13.